The van der Waals surface area contributed by atoms with E-state index >= 15 is 0 Å². The highest BCUT2D eigenvalue weighted by molar-refractivity contribution is 7.19. The van der Waals surface area contributed by atoms with Gasteiger partial charge in [-0.2, -0.15) is 0 Å². The van der Waals surface area contributed by atoms with E-state index in [0.29, 0.717) is 0 Å². The van der Waals surface area contributed by atoms with Crippen molar-refractivity contribution in [2.24, 2.45) is 0 Å². The molecule has 0 amide bonds. The van der Waals surface area contributed by atoms with Gasteiger partial charge in [0.05, 0.1) is 0 Å². The Morgan fingerprint density at radius 1 is 1.14 bits per heavy atom. The molecule has 2 heterocycles. The zero-order valence-corrected chi connectivity index (χ0v) is 13.5. The molecule has 1 aromatic heterocycles. The Bertz CT molecular complexity index is 762. The molecular formula is C19H19NOS. The van der Waals surface area contributed by atoms with Crippen LogP contribution < -0.4 is 4.74 Å². The predicted octanol–water partition coefficient (Wildman–Crippen LogP) is 4.86. The van der Waals surface area contributed by atoms with E-state index in [0.717, 1.165) is 25.4 Å². The number of thiophene rings is 1. The third-order valence-corrected chi connectivity index (χ3v) is 5.48. The fourth-order valence-corrected chi connectivity index (χ4v) is 4.12. The van der Waals surface area contributed by atoms with Crippen molar-refractivity contribution < 1.29 is 4.74 Å². The molecule has 0 N–H and O–H groups in total. The predicted molar refractivity (Wildman–Crippen MR) is 92.6 cm³/mol. The lowest BCUT2D eigenvalue weighted by atomic mass is 10.2. The molecule has 2 nitrogen and oxygen atoms in total. The Hall–Kier alpha value is -1.84. The second-order valence-corrected chi connectivity index (χ2v) is 6.84. The average Bonchev–Trinajstić information content (AvgIpc) is 2.89. The fraction of sp³-hybridized carbons (Fsp3) is 0.263. The van der Waals surface area contributed by atoms with E-state index in [2.05, 4.69) is 66.4 Å². The second-order valence-electron chi connectivity index (χ2n) is 5.73. The quantitative estimate of drug-likeness (QED) is 0.670. The van der Waals surface area contributed by atoms with Crippen LogP contribution in [-0.4, -0.2) is 18.0 Å². The molecular weight excluding hydrogens is 290 g/mol. The molecule has 0 bridgehead atoms. The van der Waals surface area contributed by atoms with Gasteiger partial charge < -0.3 is 4.74 Å². The summed E-state index contributed by atoms with van der Waals surface area (Å²) >= 11 is 1.85. The van der Waals surface area contributed by atoms with E-state index in [1.165, 1.54) is 20.5 Å². The Morgan fingerprint density at radius 3 is 2.82 bits per heavy atom. The van der Waals surface area contributed by atoms with Gasteiger partial charge in [-0.25, -0.2) is 0 Å². The zero-order chi connectivity index (χ0) is 14.9. The van der Waals surface area contributed by atoms with Crippen LogP contribution >= 0.6 is 11.3 Å². The first-order valence-corrected chi connectivity index (χ1v) is 8.60. The Morgan fingerprint density at radius 2 is 1.95 bits per heavy atom. The van der Waals surface area contributed by atoms with Gasteiger partial charge in [0.2, 0.25) is 0 Å². The summed E-state index contributed by atoms with van der Waals surface area (Å²) in [7, 11) is 0. The summed E-state index contributed by atoms with van der Waals surface area (Å²) in [5.41, 5.74) is 1.29. The maximum Gasteiger partial charge on any atom is 0.145 e. The number of likely N-dealkylation sites (N-methyl/N-ethyl adjacent to an activating group) is 1. The van der Waals surface area contributed by atoms with Crippen molar-refractivity contribution in [2.75, 3.05) is 13.1 Å². The van der Waals surface area contributed by atoms with Crippen LogP contribution in [-0.2, 0) is 6.54 Å². The molecule has 2 aromatic carbocycles. The summed E-state index contributed by atoms with van der Waals surface area (Å²) in [4.78, 5) is 3.78. The lowest BCUT2D eigenvalue weighted by Crippen LogP contribution is -2.27. The van der Waals surface area contributed by atoms with Crippen molar-refractivity contribution in [3.63, 3.8) is 0 Å². The number of benzene rings is 2. The number of para-hydroxylation sites is 1. The molecule has 4 rings (SSSR count). The molecule has 0 saturated carbocycles. The average molecular weight is 309 g/mol. The van der Waals surface area contributed by atoms with Crippen LogP contribution in [0.3, 0.4) is 0 Å². The molecule has 1 aliphatic rings. The Kier molecular flexibility index (Phi) is 3.60. The SMILES string of the molecule is CCN1Cc2ccccc2OC(c2cc3ccccc3s2)C1. The van der Waals surface area contributed by atoms with Crippen molar-refractivity contribution in [2.45, 2.75) is 19.6 Å². The van der Waals surface area contributed by atoms with E-state index < -0.39 is 0 Å². The third-order valence-electron chi connectivity index (χ3n) is 4.27. The van der Waals surface area contributed by atoms with E-state index in [4.69, 9.17) is 4.74 Å². The van der Waals surface area contributed by atoms with Crippen molar-refractivity contribution in [3.8, 4) is 5.75 Å². The molecule has 3 heteroatoms. The monoisotopic (exact) mass is 309 g/mol. The Balaban J connectivity index is 1.74. The van der Waals surface area contributed by atoms with Gasteiger partial charge in [0.1, 0.15) is 11.9 Å². The van der Waals surface area contributed by atoms with Crippen molar-refractivity contribution in [3.05, 3.63) is 65.0 Å². The molecule has 1 aliphatic heterocycles. The molecule has 1 atom stereocenters. The standard InChI is InChI=1S/C19H19NOS/c1-2-20-12-15-8-3-5-9-16(15)21-17(13-20)19-11-14-7-4-6-10-18(14)22-19/h3-11,17H,2,12-13H2,1H3. The smallest absolute Gasteiger partial charge is 0.145 e. The van der Waals surface area contributed by atoms with Crippen LogP contribution in [0.2, 0.25) is 0 Å². The van der Waals surface area contributed by atoms with E-state index in [-0.39, 0.29) is 6.10 Å². The highest BCUT2D eigenvalue weighted by Gasteiger charge is 2.24. The molecule has 0 fully saturated rings. The van der Waals surface area contributed by atoms with Gasteiger partial charge >= 0.3 is 0 Å². The normalized spacial score (nSPS) is 18.7. The number of ether oxygens (including phenoxy) is 1. The van der Waals surface area contributed by atoms with Gasteiger partial charge in [-0.3, -0.25) is 4.90 Å². The maximum absolute atomic E-state index is 6.37. The van der Waals surface area contributed by atoms with Gasteiger partial charge in [0, 0.05) is 28.2 Å². The first-order chi connectivity index (χ1) is 10.8. The molecule has 22 heavy (non-hydrogen) atoms. The van der Waals surface area contributed by atoms with Crippen molar-refractivity contribution in [1.82, 2.24) is 4.90 Å². The first-order valence-electron chi connectivity index (χ1n) is 7.79. The molecule has 3 aromatic rings. The van der Waals surface area contributed by atoms with Gasteiger partial charge in [-0.1, -0.05) is 43.3 Å². The summed E-state index contributed by atoms with van der Waals surface area (Å²) in [6.45, 7) is 5.17. The molecule has 1 unspecified atom stereocenters. The number of hydrogen-bond donors (Lipinski definition) is 0. The highest BCUT2D eigenvalue weighted by atomic mass is 32.1. The number of fused-ring (bicyclic) bond motifs is 2. The summed E-state index contributed by atoms with van der Waals surface area (Å²) in [5, 5.41) is 1.31. The number of nitrogens with zero attached hydrogens (tertiary/aromatic N) is 1. The van der Waals surface area contributed by atoms with Crippen LogP contribution in [0.15, 0.2) is 54.6 Å². The van der Waals surface area contributed by atoms with Crippen LogP contribution in [0.5, 0.6) is 5.75 Å². The van der Waals surface area contributed by atoms with Gasteiger partial charge in [-0.15, -0.1) is 11.3 Å². The van der Waals surface area contributed by atoms with E-state index in [1.54, 1.807) is 0 Å². The summed E-state index contributed by atoms with van der Waals surface area (Å²) < 4.78 is 7.71. The fourth-order valence-electron chi connectivity index (χ4n) is 3.03. The van der Waals surface area contributed by atoms with Gasteiger partial charge in [0.25, 0.3) is 0 Å². The van der Waals surface area contributed by atoms with Crippen molar-refractivity contribution in [1.29, 1.82) is 0 Å². The molecule has 112 valence electrons. The van der Waals surface area contributed by atoms with Crippen LogP contribution in [0.4, 0.5) is 0 Å². The lowest BCUT2D eigenvalue weighted by molar-refractivity contribution is 0.155. The topological polar surface area (TPSA) is 12.5 Å². The summed E-state index contributed by atoms with van der Waals surface area (Å²) in [6.07, 6.45) is 0.112. The number of rotatable bonds is 2. The second kappa shape index (κ2) is 5.75. The zero-order valence-electron chi connectivity index (χ0n) is 12.7. The largest absolute Gasteiger partial charge is 0.483 e. The van der Waals surface area contributed by atoms with Crippen LogP contribution in [0.25, 0.3) is 10.1 Å². The third kappa shape index (κ3) is 2.51. The Labute approximate surface area is 135 Å². The molecule has 0 radical (unpaired) electrons. The van der Waals surface area contributed by atoms with E-state index in [1.807, 2.05) is 11.3 Å². The first kappa shape index (κ1) is 13.8. The molecule has 0 aliphatic carbocycles. The minimum Gasteiger partial charge on any atom is -0.483 e. The maximum atomic E-state index is 6.37. The van der Waals surface area contributed by atoms with Crippen molar-refractivity contribution >= 4 is 21.4 Å². The van der Waals surface area contributed by atoms with Gasteiger partial charge in [-0.05, 0) is 30.1 Å². The molecule has 0 saturated heterocycles. The summed E-state index contributed by atoms with van der Waals surface area (Å²) in [5.74, 6) is 1.03. The van der Waals surface area contributed by atoms with Crippen LogP contribution in [0, 0.1) is 0 Å². The number of hydrogen-bond acceptors (Lipinski definition) is 3. The molecule has 0 spiro atoms. The highest BCUT2D eigenvalue weighted by Crippen LogP contribution is 2.36. The lowest BCUT2D eigenvalue weighted by Gasteiger charge is -2.21. The van der Waals surface area contributed by atoms with E-state index in [9.17, 15) is 0 Å². The minimum absolute atomic E-state index is 0.112. The van der Waals surface area contributed by atoms with Crippen LogP contribution in [0.1, 0.15) is 23.5 Å². The van der Waals surface area contributed by atoms with Gasteiger partial charge in [0.15, 0.2) is 0 Å². The minimum atomic E-state index is 0.112. The summed E-state index contributed by atoms with van der Waals surface area (Å²) in [6, 6.07) is 19.3.